The second kappa shape index (κ2) is 7.41. The van der Waals surface area contributed by atoms with Crippen molar-refractivity contribution in [1.82, 2.24) is 10.2 Å². The second-order valence-corrected chi connectivity index (χ2v) is 4.35. The van der Waals surface area contributed by atoms with E-state index in [1.165, 1.54) is 14.0 Å². The van der Waals surface area contributed by atoms with Gasteiger partial charge in [-0.2, -0.15) is 0 Å². The van der Waals surface area contributed by atoms with Crippen LogP contribution in [0.3, 0.4) is 0 Å². The lowest BCUT2D eigenvalue weighted by Gasteiger charge is -2.21. The number of hydrogen-bond donors (Lipinski definition) is 1. The van der Waals surface area contributed by atoms with Crippen LogP contribution < -0.4 is 5.32 Å². The molecule has 0 atom stereocenters. The molecule has 5 nitrogen and oxygen atoms in total. The lowest BCUT2D eigenvalue weighted by atomic mass is 10.1. The molecular formula is C14H20N2O3. The van der Waals surface area contributed by atoms with Crippen molar-refractivity contribution in [3.8, 4) is 0 Å². The van der Waals surface area contributed by atoms with Crippen molar-refractivity contribution in [2.24, 2.45) is 0 Å². The van der Waals surface area contributed by atoms with Gasteiger partial charge >= 0.3 is 6.09 Å². The van der Waals surface area contributed by atoms with E-state index in [0.717, 1.165) is 11.1 Å². The number of aryl methyl sites for hydroxylation is 1. The molecule has 0 saturated heterocycles. The van der Waals surface area contributed by atoms with Crippen LogP contribution in [0.15, 0.2) is 24.3 Å². The molecule has 0 aromatic heterocycles. The van der Waals surface area contributed by atoms with E-state index in [9.17, 15) is 9.59 Å². The van der Waals surface area contributed by atoms with Gasteiger partial charge in [0.25, 0.3) is 0 Å². The summed E-state index contributed by atoms with van der Waals surface area (Å²) in [5.41, 5.74) is 2.24. The highest BCUT2D eigenvalue weighted by atomic mass is 16.5. The standard InChI is InChI=1S/C14H20N2O3/c1-11-5-4-6-13(9-11)10-16(12(2)17)8-7-15-14(18)19-3/h4-6,9H,7-8,10H2,1-3H3,(H,15,18). The molecule has 0 unspecified atom stereocenters. The molecule has 19 heavy (non-hydrogen) atoms. The maximum atomic E-state index is 11.6. The van der Waals surface area contributed by atoms with E-state index in [1.54, 1.807) is 4.90 Å². The average molecular weight is 264 g/mol. The third kappa shape index (κ3) is 5.42. The molecule has 0 heterocycles. The van der Waals surface area contributed by atoms with Gasteiger partial charge in [-0.1, -0.05) is 29.8 Å². The van der Waals surface area contributed by atoms with Crippen LogP contribution >= 0.6 is 0 Å². The predicted molar refractivity (Wildman–Crippen MR) is 72.7 cm³/mol. The SMILES string of the molecule is COC(=O)NCCN(Cc1cccc(C)c1)C(C)=O. The first-order valence-corrected chi connectivity index (χ1v) is 6.16. The first-order chi connectivity index (χ1) is 9.02. The molecule has 1 aromatic carbocycles. The van der Waals surface area contributed by atoms with E-state index in [-0.39, 0.29) is 5.91 Å². The van der Waals surface area contributed by atoms with E-state index < -0.39 is 6.09 Å². The number of ether oxygens (including phenoxy) is 1. The number of hydrogen-bond acceptors (Lipinski definition) is 3. The number of nitrogens with zero attached hydrogens (tertiary/aromatic N) is 1. The fourth-order valence-corrected chi connectivity index (χ4v) is 1.74. The number of nitrogens with one attached hydrogen (secondary N) is 1. The Kier molecular flexibility index (Phi) is 5.85. The number of carbonyl (C=O) groups is 2. The van der Waals surface area contributed by atoms with Crippen molar-refractivity contribution in [3.05, 3.63) is 35.4 Å². The first kappa shape index (κ1) is 15.0. The zero-order valence-electron chi connectivity index (χ0n) is 11.6. The molecule has 104 valence electrons. The number of alkyl carbamates (subject to hydrolysis) is 1. The van der Waals surface area contributed by atoms with E-state index in [1.807, 2.05) is 31.2 Å². The van der Waals surface area contributed by atoms with Crippen molar-refractivity contribution >= 4 is 12.0 Å². The lowest BCUT2D eigenvalue weighted by molar-refractivity contribution is -0.129. The Morgan fingerprint density at radius 2 is 2.11 bits per heavy atom. The molecule has 0 spiro atoms. The topological polar surface area (TPSA) is 58.6 Å². The van der Waals surface area contributed by atoms with Gasteiger partial charge in [0.05, 0.1) is 7.11 Å². The fraction of sp³-hybridized carbons (Fsp3) is 0.429. The summed E-state index contributed by atoms with van der Waals surface area (Å²) in [5, 5.41) is 2.56. The highest BCUT2D eigenvalue weighted by molar-refractivity contribution is 5.73. The number of carbonyl (C=O) groups excluding carboxylic acids is 2. The van der Waals surface area contributed by atoms with Crippen LogP contribution in [0.1, 0.15) is 18.1 Å². The van der Waals surface area contributed by atoms with Crippen molar-refractivity contribution in [2.75, 3.05) is 20.2 Å². The Hall–Kier alpha value is -2.04. The number of rotatable bonds is 5. The van der Waals surface area contributed by atoms with E-state index >= 15 is 0 Å². The first-order valence-electron chi connectivity index (χ1n) is 6.16. The summed E-state index contributed by atoms with van der Waals surface area (Å²) in [6, 6.07) is 8.01. The molecule has 0 aliphatic carbocycles. The van der Waals surface area contributed by atoms with Gasteiger partial charge in [0.15, 0.2) is 0 Å². The summed E-state index contributed by atoms with van der Waals surface area (Å²) >= 11 is 0. The minimum Gasteiger partial charge on any atom is -0.453 e. The van der Waals surface area contributed by atoms with Crippen molar-refractivity contribution in [2.45, 2.75) is 20.4 Å². The molecule has 0 bridgehead atoms. The minimum absolute atomic E-state index is 0.0202. The normalized spacial score (nSPS) is 9.84. The van der Waals surface area contributed by atoms with E-state index in [0.29, 0.717) is 19.6 Å². The Balaban J connectivity index is 2.53. The van der Waals surface area contributed by atoms with Gasteiger partial charge in [0, 0.05) is 26.6 Å². The number of benzene rings is 1. The average Bonchev–Trinajstić information content (AvgIpc) is 2.37. The van der Waals surface area contributed by atoms with Gasteiger partial charge in [0.2, 0.25) is 5.91 Å². The molecule has 0 aliphatic heterocycles. The summed E-state index contributed by atoms with van der Waals surface area (Å²) < 4.78 is 4.47. The van der Waals surface area contributed by atoms with Crippen LogP contribution in [0, 0.1) is 6.92 Å². The molecular weight excluding hydrogens is 244 g/mol. The fourth-order valence-electron chi connectivity index (χ4n) is 1.74. The summed E-state index contributed by atoms with van der Waals surface area (Å²) in [6.45, 7) is 4.91. The smallest absolute Gasteiger partial charge is 0.406 e. The largest absolute Gasteiger partial charge is 0.453 e. The van der Waals surface area contributed by atoms with E-state index in [4.69, 9.17) is 0 Å². The van der Waals surface area contributed by atoms with Crippen LogP contribution in [-0.2, 0) is 16.1 Å². The maximum absolute atomic E-state index is 11.6. The quantitative estimate of drug-likeness (QED) is 0.880. The van der Waals surface area contributed by atoms with Crippen LogP contribution in [0.25, 0.3) is 0 Å². The zero-order valence-corrected chi connectivity index (χ0v) is 11.6. The summed E-state index contributed by atoms with van der Waals surface area (Å²) in [6.07, 6.45) is -0.487. The Bertz CT molecular complexity index is 446. The molecule has 1 N–H and O–H groups in total. The maximum Gasteiger partial charge on any atom is 0.406 e. The van der Waals surface area contributed by atoms with Gasteiger partial charge in [-0.3, -0.25) is 4.79 Å². The van der Waals surface area contributed by atoms with Crippen LogP contribution in [0.2, 0.25) is 0 Å². The minimum atomic E-state index is -0.487. The predicted octanol–water partition coefficient (Wildman–Crippen LogP) is 1.70. The van der Waals surface area contributed by atoms with Gasteiger partial charge in [-0.15, -0.1) is 0 Å². The van der Waals surface area contributed by atoms with Gasteiger partial charge in [-0.05, 0) is 12.5 Å². The van der Waals surface area contributed by atoms with Crippen LogP contribution in [0.5, 0.6) is 0 Å². The number of methoxy groups -OCH3 is 1. The highest BCUT2D eigenvalue weighted by Crippen LogP contribution is 2.07. The molecule has 0 fully saturated rings. The lowest BCUT2D eigenvalue weighted by Crippen LogP contribution is -2.37. The second-order valence-electron chi connectivity index (χ2n) is 4.35. The Morgan fingerprint density at radius 3 is 2.68 bits per heavy atom. The summed E-state index contributed by atoms with van der Waals surface area (Å²) in [5.74, 6) is -0.0202. The van der Waals surface area contributed by atoms with Crippen molar-refractivity contribution in [3.63, 3.8) is 0 Å². The summed E-state index contributed by atoms with van der Waals surface area (Å²) in [4.78, 5) is 24.2. The summed E-state index contributed by atoms with van der Waals surface area (Å²) in [7, 11) is 1.31. The van der Waals surface area contributed by atoms with Gasteiger partial charge in [-0.25, -0.2) is 4.79 Å². The van der Waals surface area contributed by atoms with Crippen LogP contribution in [0.4, 0.5) is 4.79 Å². The Morgan fingerprint density at radius 1 is 1.37 bits per heavy atom. The van der Waals surface area contributed by atoms with Gasteiger partial charge < -0.3 is 15.0 Å². The molecule has 0 radical (unpaired) electrons. The number of amides is 2. The zero-order chi connectivity index (χ0) is 14.3. The highest BCUT2D eigenvalue weighted by Gasteiger charge is 2.10. The molecule has 0 saturated carbocycles. The molecule has 5 heteroatoms. The van der Waals surface area contributed by atoms with E-state index in [2.05, 4.69) is 10.1 Å². The monoisotopic (exact) mass is 264 g/mol. The Labute approximate surface area is 113 Å². The molecule has 2 amide bonds. The van der Waals surface area contributed by atoms with Crippen molar-refractivity contribution < 1.29 is 14.3 Å². The third-order valence-corrected chi connectivity index (χ3v) is 2.74. The molecule has 1 rings (SSSR count). The van der Waals surface area contributed by atoms with Crippen LogP contribution in [-0.4, -0.2) is 37.1 Å². The third-order valence-electron chi connectivity index (χ3n) is 2.74. The van der Waals surface area contributed by atoms with Crippen molar-refractivity contribution in [1.29, 1.82) is 0 Å². The molecule has 0 aliphatic rings. The van der Waals surface area contributed by atoms with Gasteiger partial charge in [0.1, 0.15) is 0 Å². The molecule has 1 aromatic rings.